The van der Waals surface area contributed by atoms with Crippen molar-refractivity contribution >= 4 is 11.9 Å². The fourth-order valence-corrected chi connectivity index (χ4v) is 4.09. The number of nitrogens with one attached hydrogen (secondary N) is 1. The van der Waals surface area contributed by atoms with Crippen molar-refractivity contribution in [1.29, 1.82) is 0 Å². The second-order valence-corrected chi connectivity index (χ2v) is 7.81. The molecule has 2 fully saturated rings. The molecule has 1 unspecified atom stereocenters. The van der Waals surface area contributed by atoms with Gasteiger partial charge in [-0.15, -0.1) is 0 Å². The molecule has 0 spiro atoms. The molecule has 2 heterocycles. The maximum Gasteiger partial charge on any atom is 0.239 e. The van der Waals surface area contributed by atoms with Crippen LogP contribution in [-0.2, 0) is 11.2 Å². The molecule has 2 aliphatic rings. The number of nitrogens with zero attached hydrogens (tertiary/aromatic N) is 4. The maximum atomic E-state index is 13.8. The quantitative estimate of drug-likeness (QED) is 0.583. The molecule has 29 heavy (non-hydrogen) atoms. The van der Waals surface area contributed by atoms with Crippen LogP contribution >= 0.6 is 0 Å². The lowest BCUT2D eigenvalue weighted by Gasteiger charge is -2.39. The average Bonchev–Trinajstić information content (AvgIpc) is 3.28. The number of amides is 1. The molecular formula is C22H34FN5O. The summed E-state index contributed by atoms with van der Waals surface area (Å²) in [5.41, 5.74) is 0.700. The van der Waals surface area contributed by atoms with E-state index in [2.05, 4.69) is 22.0 Å². The predicted octanol–water partition coefficient (Wildman–Crippen LogP) is 1.96. The van der Waals surface area contributed by atoms with Crippen LogP contribution in [0.1, 0.15) is 32.3 Å². The normalized spacial score (nSPS) is 19.5. The Bertz CT molecular complexity index is 696. The Hall–Kier alpha value is -2.15. The van der Waals surface area contributed by atoms with Crippen molar-refractivity contribution in [3.8, 4) is 0 Å². The van der Waals surface area contributed by atoms with Crippen molar-refractivity contribution in [2.45, 2.75) is 39.2 Å². The van der Waals surface area contributed by atoms with E-state index in [9.17, 15) is 9.18 Å². The molecule has 2 saturated heterocycles. The zero-order valence-corrected chi connectivity index (χ0v) is 17.7. The Kier molecular flexibility index (Phi) is 7.86. The van der Waals surface area contributed by atoms with Gasteiger partial charge in [0.15, 0.2) is 5.96 Å². The Labute approximate surface area is 173 Å². The van der Waals surface area contributed by atoms with Gasteiger partial charge in [0.2, 0.25) is 5.91 Å². The summed E-state index contributed by atoms with van der Waals surface area (Å²) >= 11 is 0. The highest BCUT2D eigenvalue weighted by atomic mass is 19.1. The van der Waals surface area contributed by atoms with Crippen molar-refractivity contribution in [2.75, 3.05) is 52.4 Å². The standard InChI is InChI=1S/C22H34FN5O/c1-3-24-22(25-11-10-19-8-4-5-9-20(19)23)28-16-14-26(15-17-28)18(2)21(29)27-12-6-7-13-27/h4-5,8-9,18H,3,6-7,10-17H2,1-2H3,(H,24,25). The number of piperazine rings is 1. The Balaban J connectivity index is 1.52. The maximum absolute atomic E-state index is 13.8. The van der Waals surface area contributed by atoms with Gasteiger partial charge in [-0.2, -0.15) is 0 Å². The molecule has 1 amide bonds. The summed E-state index contributed by atoms with van der Waals surface area (Å²) in [5.74, 6) is 0.974. The lowest BCUT2D eigenvalue weighted by atomic mass is 10.1. The number of hydrogen-bond donors (Lipinski definition) is 1. The molecule has 1 aromatic carbocycles. The van der Waals surface area contributed by atoms with E-state index < -0.39 is 0 Å². The summed E-state index contributed by atoms with van der Waals surface area (Å²) < 4.78 is 13.8. The number of carbonyl (C=O) groups is 1. The number of aliphatic imine (C=N–C) groups is 1. The van der Waals surface area contributed by atoms with Gasteiger partial charge >= 0.3 is 0 Å². The minimum Gasteiger partial charge on any atom is -0.357 e. The predicted molar refractivity (Wildman–Crippen MR) is 115 cm³/mol. The van der Waals surface area contributed by atoms with Gasteiger partial charge in [0.25, 0.3) is 0 Å². The third-order valence-corrected chi connectivity index (χ3v) is 5.87. The van der Waals surface area contributed by atoms with E-state index in [0.717, 1.165) is 64.6 Å². The SMILES string of the molecule is CCNC(=NCCc1ccccc1F)N1CCN(C(C)C(=O)N2CCCC2)CC1. The Morgan fingerprint density at radius 2 is 1.79 bits per heavy atom. The highest BCUT2D eigenvalue weighted by Gasteiger charge is 2.30. The van der Waals surface area contributed by atoms with Gasteiger partial charge in [0.1, 0.15) is 5.82 Å². The van der Waals surface area contributed by atoms with Gasteiger partial charge in [-0.1, -0.05) is 18.2 Å². The van der Waals surface area contributed by atoms with Crippen LogP contribution in [0.15, 0.2) is 29.3 Å². The van der Waals surface area contributed by atoms with Gasteiger partial charge < -0.3 is 15.1 Å². The van der Waals surface area contributed by atoms with Crippen LogP contribution in [-0.4, -0.2) is 85.0 Å². The van der Waals surface area contributed by atoms with E-state index in [0.29, 0.717) is 18.5 Å². The second kappa shape index (κ2) is 10.6. The number of halogens is 1. The molecule has 160 valence electrons. The van der Waals surface area contributed by atoms with Crippen LogP contribution in [0.2, 0.25) is 0 Å². The lowest BCUT2D eigenvalue weighted by Crippen LogP contribution is -2.57. The molecule has 0 aromatic heterocycles. The smallest absolute Gasteiger partial charge is 0.239 e. The van der Waals surface area contributed by atoms with Crippen molar-refractivity contribution in [2.24, 2.45) is 4.99 Å². The second-order valence-electron chi connectivity index (χ2n) is 7.81. The van der Waals surface area contributed by atoms with Crippen LogP contribution in [0.3, 0.4) is 0 Å². The zero-order chi connectivity index (χ0) is 20.6. The monoisotopic (exact) mass is 403 g/mol. The van der Waals surface area contributed by atoms with Gasteiger partial charge in [0.05, 0.1) is 6.04 Å². The zero-order valence-electron chi connectivity index (χ0n) is 17.7. The summed E-state index contributed by atoms with van der Waals surface area (Å²) in [4.78, 5) is 23.9. The molecule has 3 rings (SSSR count). The van der Waals surface area contributed by atoms with E-state index >= 15 is 0 Å². The average molecular weight is 404 g/mol. The van der Waals surface area contributed by atoms with E-state index in [1.54, 1.807) is 6.07 Å². The first-order valence-electron chi connectivity index (χ1n) is 10.9. The molecule has 0 bridgehead atoms. The lowest BCUT2D eigenvalue weighted by molar-refractivity contribution is -0.135. The van der Waals surface area contributed by atoms with Crippen molar-refractivity contribution in [3.63, 3.8) is 0 Å². The summed E-state index contributed by atoms with van der Waals surface area (Å²) in [6, 6.07) is 6.82. The van der Waals surface area contributed by atoms with Gasteiger partial charge in [0, 0.05) is 52.4 Å². The molecule has 1 N–H and O–H groups in total. The van der Waals surface area contributed by atoms with Crippen LogP contribution in [0.4, 0.5) is 4.39 Å². The van der Waals surface area contributed by atoms with Crippen LogP contribution in [0, 0.1) is 5.82 Å². The van der Waals surface area contributed by atoms with E-state index in [1.807, 2.05) is 24.0 Å². The third kappa shape index (κ3) is 5.69. The Morgan fingerprint density at radius 1 is 1.10 bits per heavy atom. The minimum absolute atomic E-state index is 0.0594. The first-order valence-corrected chi connectivity index (χ1v) is 10.9. The largest absolute Gasteiger partial charge is 0.357 e. The fraction of sp³-hybridized carbons (Fsp3) is 0.636. The first-order chi connectivity index (χ1) is 14.1. The summed E-state index contributed by atoms with van der Waals surface area (Å²) in [6.45, 7) is 10.6. The summed E-state index contributed by atoms with van der Waals surface area (Å²) in [5, 5.41) is 3.35. The molecule has 6 nitrogen and oxygen atoms in total. The number of guanidine groups is 1. The summed E-state index contributed by atoms with van der Waals surface area (Å²) in [7, 11) is 0. The molecule has 0 radical (unpaired) electrons. The first kappa shape index (κ1) is 21.6. The van der Waals surface area contributed by atoms with Crippen molar-refractivity contribution < 1.29 is 9.18 Å². The topological polar surface area (TPSA) is 51.2 Å². The molecule has 0 saturated carbocycles. The van der Waals surface area contributed by atoms with Gasteiger partial charge in [-0.05, 0) is 44.7 Å². The van der Waals surface area contributed by atoms with Crippen LogP contribution in [0.25, 0.3) is 0 Å². The van der Waals surface area contributed by atoms with Crippen LogP contribution < -0.4 is 5.32 Å². The molecular weight excluding hydrogens is 369 g/mol. The minimum atomic E-state index is -0.169. The molecule has 2 aliphatic heterocycles. The fourth-order valence-electron chi connectivity index (χ4n) is 4.09. The van der Waals surface area contributed by atoms with E-state index in [4.69, 9.17) is 4.99 Å². The molecule has 1 aromatic rings. The van der Waals surface area contributed by atoms with E-state index in [-0.39, 0.29) is 17.8 Å². The van der Waals surface area contributed by atoms with Gasteiger partial charge in [-0.3, -0.25) is 14.7 Å². The number of likely N-dealkylation sites (tertiary alicyclic amines) is 1. The van der Waals surface area contributed by atoms with Crippen molar-refractivity contribution in [1.82, 2.24) is 20.0 Å². The Morgan fingerprint density at radius 3 is 2.45 bits per heavy atom. The summed E-state index contributed by atoms with van der Waals surface area (Å²) in [6.07, 6.45) is 2.84. The number of rotatable bonds is 6. The number of carbonyl (C=O) groups excluding carboxylic acids is 1. The van der Waals surface area contributed by atoms with Crippen LogP contribution in [0.5, 0.6) is 0 Å². The van der Waals surface area contributed by atoms with Crippen molar-refractivity contribution in [3.05, 3.63) is 35.6 Å². The molecule has 1 atom stereocenters. The van der Waals surface area contributed by atoms with Gasteiger partial charge in [-0.25, -0.2) is 4.39 Å². The third-order valence-electron chi connectivity index (χ3n) is 5.87. The molecule has 0 aliphatic carbocycles. The number of benzene rings is 1. The highest BCUT2D eigenvalue weighted by Crippen LogP contribution is 2.14. The molecule has 7 heteroatoms. The number of hydrogen-bond acceptors (Lipinski definition) is 3. The highest BCUT2D eigenvalue weighted by molar-refractivity contribution is 5.82. The van der Waals surface area contributed by atoms with E-state index in [1.165, 1.54) is 6.07 Å².